The fraction of sp³-hybridized carbons (Fsp3) is 0.625. The van der Waals surface area contributed by atoms with Crippen molar-refractivity contribution in [3.05, 3.63) is 28.8 Å². The number of unbranched alkanes of at least 4 members (excludes halogenated alkanes) is 1. The molecule has 4 heteroatoms. The Morgan fingerprint density at radius 3 is 2.70 bits per heavy atom. The van der Waals surface area contributed by atoms with Crippen LogP contribution in [-0.2, 0) is 11.3 Å². The van der Waals surface area contributed by atoms with Crippen LogP contribution in [0.1, 0.15) is 39.2 Å². The van der Waals surface area contributed by atoms with E-state index >= 15 is 0 Å². The Morgan fingerprint density at radius 1 is 1.20 bits per heavy atom. The minimum absolute atomic E-state index is 0.430. The maximum atomic E-state index is 6.21. The quantitative estimate of drug-likeness (QED) is 0.662. The van der Waals surface area contributed by atoms with Crippen molar-refractivity contribution in [3.63, 3.8) is 0 Å². The SMILES string of the molecule is CCCCOCCOc1c(Cl)cccc1CNC(C)C. The van der Waals surface area contributed by atoms with Crippen LogP contribution in [0.5, 0.6) is 5.75 Å². The van der Waals surface area contributed by atoms with Crippen LogP contribution in [-0.4, -0.2) is 25.9 Å². The van der Waals surface area contributed by atoms with E-state index in [1.54, 1.807) is 0 Å². The molecule has 0 spiro atoms. The number of rotatable bonds is 10. The molecule has 1 N–H and O–H groups in total. The van der Waals surface area contributed by atoms with Gasteiger partial charge in [-0.05, 0) is 12.5 Å². The number of para-hydroxylation sites is 1. The minimum atomic E-state index is 0.430. The molecule has 0 radical (unpaired) electrons. The summed E-state index contributed by atoms with van der Waals surface area (Å²) in [4.78, 5) is 0. The van der Waals surface area contributed by atoms with Crippen molar-refractivity contribution in [3.8, 4) is 5.75 Å². The number of hydrogen-bond donors (Lipinski definition) is 1. The van der Waals surface area contributed by atoms with E-state index in [0.717, 1.165) is 37.3 Å². The Kier molecular flexibility index (Phi) is 8.67. The Hall–Kier alpha value is -0.770. The maximum absolute atomic E-state index is 6.21. The van der Waals surface area contributed by atoms with Gasteiger partial charge in [-0.25, -0.2) is 0 Å². The number of benzene rings is 1. The van der Waals surface area contributed by atoms with Crippen LogP contribution in [0.25, 0.3) is 0 Å². The van der Waals surface area contributed by atoms with Gasteiger partial charge >= 0.3 is 0 Å². The van der Waals surface area contributed by atoms with Crippen LogP contribution >= 0.6 is 11.6 Å². The first-order valence-electron chi connectivity index (χ1n) is 7.36. The van der Waals surface area contributed by atoms with Gasteiger partial charge in [-0.1, -0.05) is 50.9 Å². The van der Waals surface area contributed by atoms with Crippen LogP contribution in [0.4, 0.5) is 0 Å². The molecular formula is C16H26ClNO2. The molecule has 0 amide bonds. The fourth-order valence-electron chi connectivity index (χ4n) is 1.72. The van der Waals surface area contributed by atoms with Crippen molar-refractivity contribution < 1.29 is 9.47 Å². The average molecular weight is 300 g/mol. The smallest absolute Gasteiger partial charge is 0.142 e. The molecule has 0 aliphatic carbocycles. The zero-order valence-electron chi connectivity index (χ0n) is 12.7. The van der Waals surface area contributed by atoms with Gasteiger partial charge in [0.05, 0.1) is 11.6 Å². The van der Waals surface area contributed by atoms with Crippen molar-refractivity contribution in [2.45, 2.75) is 46.2 Å². The summed E-state index contributed by atoms with van der Waals surface area (Å²) in [6, 6.07) is 6.27. The number of hydrogen-bond acceptors (Lipinski definition) is 3. The highest BCUT2D eigenvalue weighted by atomic mass is 35.5. The second-order valence-corrected chi connectivity index (χ2v) is 5.49. The molecular weight excluding hydrogens is 274 g/mol. The predicted molar refractivity (Wildman–Crippen MR) is 84.6 cm³/mol. The number of ether oxygens (including phenoxy) is 2. The molecule has 0 unspecified atom stereocenters. The van der Waals surface area contributed by atoms with Crippen LogP contribution in [0.2, 0.25) is 5.02 Å². The Labute approximate surface area is 127 Å². The van der Waals surface area contributed by atoms with Crippen molar-refractivity contribution in [2.24, 2.45) is 0 Å². The highest BCUT2D eigenvalue weighted by molar-refractivity contribution is 6.32. The van der Waals surface area contributed by atoms with Crippen molar-refractivity contribution in [2.75, 3.05) is 19.8 Å². The highest BCUT2D eigenvalue weighted by Gasteiger charge is 2.08. The van der Waals surface area contributed by atoms with Gasteiger partial charge in [0.2, 0.25) is 0 Å². The van der Waals surface area contributed by atoms with Crippen LogP contribution < -0.4 is 10.1 Å². The fourth-order valence-corrected chi connectivity index (χ4v) is 1.97. The van der Waals surface area contributed by atoms with Gasteiger partial charge in [0, 0.05) is 24.8 Å². The summed E-state index contributed by atoms with van der Waals surface area (Å²) in [6.45, 7) is 9.07. The molecule has 0 aliphatic rings. The van der Waals surface area contributed by atoms with Gasteiger partial charge in [0.25, 0.3) is 0 Å². The third-order valence-corrected chi connectivity index (χ3v) is 3.16. The van der Waals surface area contributed by atoms with E-state index in [0.29, 0.717) is 24.3 Å². The molecule has 0 aliphatic heterocycles. The van der Waals surface area contributed by atoms with Crippen LogP contribution in [0, 0.1) is 0 Å². The summed E-state index contributed by atoms with van der Waals surface area (Å²) in [5.41, 5.74) is 1.08. The van der Waals surface area contributed by atoms with E-state index in [4.69, 9.17) is 21.1 Å². The molecule has 0 saturated carbocycles. The van der Waals surface area contributed by atoms with Gasteiger partial charge in [0.15, 0.2) is 0 Å². The van der Waals surface area contributed by atoms with E-state index in [-0.39, 0.29) is 0 Å². The zero-order valence-corrected chi connectivity index (χ0v) is 13.5. The molecule has 0 bridgehead atoms. The first-order chi connectivity index (χ1) is 9.65. The first-order valence-corrected chi connectivity index (χ1v) is 7.74. The monoisotopic (exact) mass is 299 g/mol. The second-order valence-electron chi connectivity index (χ2n) is 5.08. The largest absolute Gasteiger partial charge is 0.489 e. The van der Waals surface area contributed by atoms with Crippen LogP contribution in [0.3, 0.4) is 0 Å². The molecule has 0 heterocycles. The first kappa shape index (κ1) is 17.3. The van der Waals surface area contributed by atoms with E-state index < -0.39 is 0 Å². The molecule has 1 aromatic rings. The lowest BCUT2D eigenvalue weighted by Gasteiger charge is -2.15. The van der Waals surface area contributed by atoms with Gasteiger partial charge in [-0.3, -0.25) is 0 Å². The summed E-state index contributed by atoms with van der Waals surface area (Å²) in [5.74, 6) is 0.765. The second kappa shape index (κ2) is 10.0. The third kappa shape index (κ3) is 6.60. The number of halogens is 1. The van der Waals surface area contributed by atoms with Crippen LogP contribution in [0.15, 0.2) is 18.2 Å². The van der Waals surface area contributed by atoms with Gasteiger partial charge < -0.3 is 14.8 Å². The van der Waals surface area contributed by atoms with E-state index in [2.05, 4.69) is 26.1 Å². The molecule has 0 saturated heterocycles. The lowest BCUT2D eigenvalue weighted by atomic mass is 10.2. The molecule has 0 atom stereocenters. The summed E-state index contributed by atoms with van der Waals surface area (Å²) in [5, 5.41) is 4.03. The summed E-state index contributed by atoms with van der Waals surface area (Å²) >= 11 is 6.21. The maximum Gasteiger partial charge on any atom is 0.142 e. The molecule has 0 fully saturated rings. The average Bonchev–Trinajstić information content (AvgIpc) is 2.42. The topological polar surface area (TPSA) is 30.5 Å². The van der Waals surface area contributed by atoms with E-state index in [1.807, 2.05) is 18.2 Å². The predicted octanol–water partition coefficient (Wildman–Crippen LogP) is 4.03. The third-order valence-electron chi connectivity index (χ3n) is 2.87. The molecule has 1 aromatic carbocycles. The number of nitrogens with one attached hydrogen (secondary N) is 1. The summed E-state index contributed by atoms with van der Waals surface area (Å²) in [6.07, 6.45) is 2.24. The lowest BCUT2D eigenvalue weighted by Crippen LogP contribution is -2.22. The Bertz CT molecular complexity index is 383. The normalized spacial score (nSPS) is 11.1. The minimum Gasteiger partial charge on any atom is -0.489 e. The summed E-state index contributed by atoms with van der Waals surface area (Å²) < 4.78 is 11.3. The van der Waals surface area contributed by atoms with Gasteiger partial charge in [0.1, 0.15) is 12.4 Å². The molecule has 1 rings (SSSR count). The van der Waals surface area contributed by atoms with Crippen molar-refractivity contribution in [1.82, 2.24) is 5.32 Å². The van der Waals surface area contributed by atoms with Crippen molar-refractivity contribution >= 4 is 11.6 Å². The molecule has 20 heavy (non-hydrogen) atoms. The van der Waals surface area contributed by atoms with Gasteiger partial charge in [-0.15, -0.1) is 0 Å². The molecule has 114 valence electrons. The Balaban J connectivity index is 2.46. The lowest BCUT2D eigenvalue weighted by molar-refractivity contribution is 0.0977. The van der Waals surface area contributed by atoms with E-state index in [1.165, 1.54) is 0 Å². The Morgan fingerprint density at radius 2 is 2.00 bits per heavy atom. The van der Waals surface area contributed by atoms with Gasteiger partial charge in [-0.2, -0.15) is 0 Å². The van der Waals surface area contributed by atoms with Crippen molar-refractivity contribution in [1.29, 1.82) is 0 Å². The standard InChI is InChI=1S/C16H26ClNO2/c1-4-5-9-19-10-11-20-16-14(12-18-13(2)3)7-6-8-15(16)17/h6-8,13,18H,4-5,9-12H2,1-3H3. The molecule has 3 nitrogen and oxygen atoms in total. The zero-order chi connectivity index (χ0) is 14.8. The molecule has 0 aromatic heterocycles. The highest BCUT2D eigenvalue weighted by Crippen LogP contribution is 2.28. The van der Waals surface area contributed by atoms with E-state index in [9.17, 15) is 0 Å². The summed E-state index contributed by atoms with van der Waals surface area (Å²) in [7, 11) is 0.